The van der Waals surface area contributed by atoms with Crippen LogP contribution in [-0.4, -0.2) is 23.6 Å². The predicted molar refractivity (Wildman–Crippen MR) is 92.3 cm³/mol. The van der Waals surface area contributed by atoms with Crippen LogP contribution in [0.15, 0.2) is 47.1 Å². The van der Waals surface area contributed by atoms with E-state index < -0.39 is 0 Å². The Hall–Kier alpha value is -2.23. The van der Waals surface area contributed by atoms with Gasteiger partial charge in [-0.25, -0.2) is 4.79 Å². The molecule has 24 heavy (non-hydrogen) atoms. The summed E-state index contributed by atoms with van der Waals surface area (Å²) in [5.41, 5.74) is 2.85. The molecule has 1 aliphatic heterocycles. The van der Waals surface area contributed by atoms with Crippen LogP contribution in [0.4, 0.5) is 0 Å². The number of Topliss-reactive ketones (excluding diaryl/α,β-unsaturated/α-hetero) is 1. The lowest BCUT2D eigenvalue weighted by Gasteiger charge is -2.16. The Kier molecular flexibility index (Phi) is 5.71. The Morgan fingerprint density at radius 3 is 2.54 bits per heavy atom. The lowest BCUT2D eigenvalue weighted by atomic mass is 9.87. The SMILES string of the molecule is C=C(C)[C@H]1CCC2=C[C@H](C/C(C)=C/C(=O)/C=C(\C)C(=O)C1)OC2=O. The van der Waals surface area contributed by atoms with E-state index >= 15 is 0 Å². The minimum atomic E-state index is -0.311. The highest BCUT2D eigenvalue weighted by Gasteiger charge is 2.27. The maximum absolute atomic E-state index is 12.4. The fourth-order valence-corrected chi connectivity index (χ4v) is 3.02. The molecule has 2 aliphatic rings. The van der Waals surface area contributed by atoms with Crippen molar-refractivity contribution in [2.24, 2.45) is 5.92 Å². The quantitative estimate of drug-likeness (QED) is 0.545. The molecule has 2 rings (SSSR count). The molecule has 4 heteroatoms. The molecule has 0 saturated heterocycles. The van der Waals surface area contributed by atoms with Gasteiger partial charge in [0.15, 0.2) is 11.6 Å². The maximum Gasteiger partial charge on any atom is 0.334 e. The van der Waals surface area contributed by atoms with Gasteiger partial charge in [-0.15, -0.1) is 0 Å². The highest BCUT2D eigenvalue weighted by Crippen LogP contribution is 2.28. The first-order valence-corrected chi connectivity index (χ1v) is 8.26. The van der Waals surface area contributed by atoms with Gasteiger partial charge in [0, 0.05) is 18.4 Å². The van der Waals surface area contributed by atoms with E-state index in [9.17, 15) is 14.4 Å². The Balaban J connectivity index is 2.32. The van der Waals surface area contributed by atoms with E-state index in [1.807, 2.05) is 19.9 Å². The molecule has 0 saturated carbocycles. The van der Waals surface area contributed by atoms with Crippen molar-refractivity contribution in [1.29, 1.82) is 0 Å². The smallest absolute Gasteiger partial charge is 0.334 e. The van der Waals surface area contributed by atoms with Gasteiger partial charge >= 0.3 is 5.97 Å². The van der Waals surface area contributed by atoms with Gasteiger partial charge < -0.3 is 4.74 Å². The van der Waals surface area contributed by atoms with Crippen LogP contribution in [0.1, 0.15) is 46.5 Å². The van der Waals surface area contributed by atoms with E-state index in [4.69, 9.17) is 4.74 Å². The van der Waals surface area contributed by atoms with Crippen LogP contribution in [0, 0.1) is 5.92 Å². The molecule has 0 N–H and O–H groups in total. The first kappa shape index (κ1) is 18.1. The second kappa shape index (κ2) is 7.56. The molecule has 0 spiro atoms. The van der Waals surface area contributed by atoms with Crippen molar-refractivity contribution in [2.75, 3.05) is 0 Å². The Morgan fingerprint density at radius 2 is 1.88 bits per heavy atom. The number of hydrogen-bond acceptors (Lipinski definition) is 4. The minimum absolute atomic E-state index is 0.0103. The molecule has 1 heterocycles. The number of ether oxygens (including phenoxy) is 1. The Bertz CT molecular complexity index is 676. The number of esters is 1. The molecule has 0 radical (unpaired) electrons. The first-order chi connectivity index (χ1) is 11.3. The molecular weight excluding hydrogens is 304 g/mol. The largest absolute Gasteiger partial charge is 0.454 e. The molecule has 0 unspecified atom stereocenters. The summed E-state index contributed by atoms with van der Waals surface area (Å²) in [6.45, 7) is 9.35. The summed E-state index contributed by atoms with van der Waals surface area (Å²) in [5, 5.41) is 0. The third-order valence-electron chi connectivity index (χ3n) is 4.51. The van der Waals surface area contributed by atoms with E-state index in [1.54, 1.807) is 6.92 Å². The van der Waals surface area contributed by atoms with Crippen molar-refractivity contribution in [3.63, 3.8) is 0 Å². The normalized spacial score (nSPS) is 30.5. The molecule has 1 aliphatic carbocycles. The number of carbonyl (C=O) groups is 3. The van der Waals surface area contributed by atoms with Crippen LogP contribution in [-0.2, 0) is 19.1 Å². The third-order valence-corrected chi connectivity index (χ3v) is 4.51. The fraction of sp³-hybridized carbons (Fsp3) is 0.450. The van der Waals surface area contributed by atoms with Crippen LogP contribution in [0.5, 0.6) is 0 Å². The fourth-order valence-electron chi connectivity index (χ4n) is 3.02. The van der Waals surface area contributed by atoms with Crippen LogP contribution in [0.2, 0.25) is 0 Å². The molecule has 0 fully saturated rings. The monoisotopic (exact) mass is 328 g/mol. The van der Waals surface area contributed by atoms with Crippen molar-refractivity contribution < 1.29 is 19.1 Å². The van der Waals surface area contributed by atoms with E-state index in [1.165, 1.54) is 12.2 Å². The maximum atomic E-state index is 12.4. The van der Waals surface area contributed by atoms with Gasteiger partial charge in [0.1, 0.15) is 6.10 Å². The van der Waals surface area contributed by atoms with Gasteiger partial charge in [-0.1, -0.05) is 17.7 Å². The molecule has 2 bridgehead atoms. The van der Waals surface area contributed by atoms with Crippen molar-refractivity contribution in [2.45, 2.75) is 52.6 Å². The molecule has 128 valence electrons. The summed E-state index contributed by atoms with van der Waals surface area (Å²) >= 11 is 0. The summed E-state index contributed by atoms with van der Waals surface area (Å²) in [4.78, 5) is 36.4. The second-order valence-corrected chi connectivity index (χ2v) is 6.77. The Morgan fingerprint density at radius 1 is 1.17 bits per heavy atom. The van der Waals surface area contributed by atoms with Gasteiger partial charge in [0.25, 0.3) is 0 Å². The van der Waals surface area contributed by atoms with Crippen LogP contribution >= 0.6 is 0 Å². The van der Waals surface area contributed by atoms with Gasteiger partial charge in [0.05, 0.1) is 0 Å². The highest BCUT2D eigenvalue weighted by atomic mass is 16.5. The minimum Gasteiger partial charge on any atom is -0.454 e. The summed E-state index contributed by atoms with van der Waals surface area (Å²) in [6.07, 6.45) is 6.46. The van der Waals surface area contributed by atoms with Gasteiger partial charge in [0.2, 0.25) is 0 Å². The molecule has 2 atom stereocenters. The molecule has 0 aromatic heterocycles. The lowest BCUT2D eigenvalue weighted by molar-refractivity contribution is -0.139. The topological polar surface area (TPSA) is 60.4 Å². The predicted octanol–water partition coefficient (Wildman–Crippen LogP) is 3.64. The zero-order valence-electron chi connectivity index (χ0n) is 14.6. The number of allylic oxidation sites excluding steroid dienone is 4. The van der Waals surface area contributed by atoms with E-state index in [2.05, 4.69) is 6.58 Å². The lowest BCUT2D eigenvalue weighted by Crippen LogP contribution is -2.12. The molecule has 0 aromatic carbocycles. The second-order valence-electron chi connectivity index (χ2n) is 6.77. The van der Waals surface area contributed by atoms with Crippen LogP contribution in [0.25, 0.3) is 0 Å². The van der Waals surface area contributed by atoms with Crippen molar-refractivity contribution in [3.8, 4) is 0 Å². The first-order valence-electron chi connectivity index (χ1n) is 8.26. The molecule has 0 amide bonds. The average molecular weight is 328 g/mol. The number of ketones is 2. The molecular formula is C20H24O4. The van der Waals surface area contributed by atoms with Crippen molar-refractivity contribution in [3.05, 3.63) is 47.1 Å². The van der Waals surface area contributed by atoms with E-state index in [0.29, 0.717) is 36.8 Å². The van der Waals surface area contributed by atoms with Crippen LogP contribution < -0.4 is 0 Å². The van der Waals surface area contributed by atoms with Gasteiger partial charge in [-0.05, 0) is 63.3 Å². The van der Waals surface area contributed by atoms with E-state index in [-0.39, 0.29) is 29.6 Å². The average Bonchev–Trinajstić information content (AvgIpc) is 2.81. The zero-order valence-corrected chi connectivity index (χ0v) is 14.6. The standard InChI is InChI=1S/C20H24O4/c1-12(2)15-5-6-16-10-18(24-20(16)23)8-13(3)7-17(21)9-14(4)19(22)11-15/h7,9-10,15,18H,1,5-6,8,11H2,2-4H3/b13-7+,14-9+/t15-,18-/m0/s1. The highest BCUT2D eigenvalue weighted by molar-refractivity contribution is 6.07. The van der Waals surface area contributed by atoms with Gasteiger partial charge in [-0.3, -0.25) is 9.59 Å². The molecule has 0 aromatic rings. The number of carbonyl (C=O) groups excluding carboxylic acids is 3. The molecule has 4 nitrogen and oxygen atoms in total. The number of fused-ring (bicyclic) bond motifs is 1. The van der Waals surface area contributed by atoms with Crippen LogP contribution in [0.3, 0.4) is 0 Å². The number of hydrogen-bond donors (Lipinski definition) is 0. The summed E-state index contributed by atoms with van der Waals surface area (Å²) in [7, 11) is 0. The zero-order chi connectivity index (χ0) is 17.9. The third kappa shape index (κ3) is 4.63. The summed E-state index contributed by atoms with van der Waals surface area (Å²) in [5.74, 6) is -0.574. The summed E-state index contributed by atoms with van der Waals surface area (Å²) in [6, 6.07) is 0. The summed E-state index contributed by atoms with van der Waals surface area (Å²) < 4.78 is 5.36. The van der Waals surface area contributed by atoms with Gasteiger partial charge in [-0.2, -0.15) is 0 Å². The Labute approximate surface area is 143 Å². The number of rotatable bonds is 1. The van der Waals surface area contributed by atoms with Crippen molar-refractivity contribution >= 4 is 17.5 Å². The van der Waals surface area contributed by atoms with E-state index in [0.717, 1.165) is 11.1 Å². The van der Waals surface area contributed by atoms with Crippen molar-refractivity contribution in [1.82, 2.24) is 0 Å².